The van der Waals surface area contributed by atoms with E-state index in [-0.39, 0.29) is 16.9 Å². The molecule has 25 heavy (non-hydrogen) atoms. The SMILES string of the molecule is C[C@@]12CO[C@@H](c3ccc(-c4ccccc4)cc3)[C@H]3C[C@@H]1C[C@@]3(C)C2=O. The van der Waals surface area contributed by atoms with Crippen LogP contribution >= 0.6 is 0 Å². The zero-order valence-corrected chi connectivity index (χ0v) is 14.9. The van der Waals surface area contributed by atoms with Gasteiger partial charge in [0.2, 0.25) is 0 Å². The zero-order valence-electron chi connectivity index (χ0n) is 14.9. The molecule has 2 heteroatoms. The molecule has 0 aromatic heterocycles. The lowest BCUT2D eigenvalue weighted by atomic mass is 9.65. The second-order valence-corrected chi connectivity index (χ2v) is 8.63. The van der Waals surface area contributed by atoms with E-state index in [9.17, 15) is 4.79 Å². The lowest BCUT2D eigenvalue weighted by molar-refractivity contribution is -0.137. The molecule has 4 fully saturated rings. The van der Waals surface area contributed by atoms with Crippen molar-refractivity contribution in [2.24, 2.45) is 22.7 Å². The predicted molar refractivity (Wildman–Crippen MR) is 98.0 cm³/mol. The third kappa shape index (κ3) is 1.98. The lowest BCUT2D eigenvalue weighted by Gasteiger charge is -2.36. The first-order chi connectivity index (χ1) is 12.0. The van der Waals surface area contributed by atoms with E-state index in [0.29, 0.717) is 24.2 Å². The summed E-state index contributed by atoms with van der Waals surface area (Å²) in [6.07, 6.45) is 2.23. The van der Waals surface area contributed by atoms with Crippen LogP contribution in [0.25, 0.3) is 11.1 Å². The summed E-state index contributed by atoms with van der Waals surface area (Å²) >= 11 is 0. The molecule has 5 atom stereocenters. The van der Waals surface area contributed by atoms with Gasteiger partial charge in [-0.15, -0.1) is 0 Å². The maximum atomic E-state index is 13.0. The Bertz CT molecular complexity index is 825. The molecule has 4 bridgehead atoms. The molecule has 0 unspecified atom stereocenters. The molecule has 2 aromatic rings. The summed E-state index contributed by atoms with van der Waals surface area (Å²) in [6.45, 7) is 4.89. The Morgan fingerprint density at radius 2 is 1.60 bits per heavy atom. The normalized spacial score (nSPS) is 39.0. The van der Waals surface area contributed by atoms with E-state index in [1.807, 2.05) is 6.07 Å². The van der Waals surface area contributed by atoms with Gasteiger partial charge in [-0.1, -0.05) is 68.4 Å². The summed E-state index contributed by atoms with van der Waals surface area (Å²) in [6, 6.07) is 19.2. The zero-order chi connectivity index (χ0) is 17.2. The third-order valence-electron chi connectivity index (χ3n) is 7.24. The molecule has 2 saturated heterocycles. The highest BCUT2D eigenvalue weighted by Crippen LogP contribution is 2.68. The summed E-state index contributed by atoms with van der Waals surface area (Å²) in [5.74, 6) is 1.27. The van der Waals surface area contributed by atoms with E-state index in [1.54, 1.807) is 0 Å². The lowest BCUT2D eigenvalue weighted by Crippen LogP contribution is -2.42. The Balaban J connectivity index is 1.49. The highest BCUT2D eigenvalue weighted by Gasteiger charge is 2.69. The van der Waals surface area contributed by atoms with Crippen molar-refractivity contribution in [2.75, 3.05) is 6.61 Å². The van der Waals surface area contributed by atoms with Crippen LogP contribution in [0.4, 0.5) is 0 Å². The standard InChI is InChI=1S/C23H24O2/c1-22-13-18-12-19(22)20(25-14-23(18,2)21(22)24)17-10-8-16(9-11-17)15-6-4-3-5-7-15/h3-11,18-20H,12-14H2,1-2H3/t18-,19-,20+,22-,23-/m1/s1. The van der Waals surface area contributed by atoms with Gasteiger partial charge in [-0.25, -0.2) is 0 Å². The highest BCUT2D eigenvalue weighted by atomic mass is 16.5. The molecule has 0 radical (unpaired) electrons. The van der Waals surface area contributed by atoms with Gasteiger partial charge >= 0.3 is 0 Å². The van der Waals surface area contributed by atoms with Crippen LogP contribution in [0.1, 0.15) is 38.4 Å². The summed E-state index contributed by atoms with van der Waals surface area (Å²) in [5, 5.41) is 0. The number of hydrogen-bond acceptors (Lipinski definition) is 2. The highest BCUT2D eigenvalue weighted by molar-refractivity contribution is 5.94. The number of ether oxygens (including phenoxy) is 1. The van der Waals surface area contributed by atoms with Crippen LogP contribution in [0.3, 0.4) is 0 Å². The Labute approximate surface area is 149 Å². The molecule has 2 nitrogen and oxygen atoms in total. The number of hydrogen-bond donors (Lipinski definition) is 0. The summed E-state index contributed by atoms with van der Waals surface area (Å²) in [5.41, 5.74) is 3.22. The molecule has 2 saturated carbocycles. The Hall–Kier alpha value is -1.93. The van der Waals surface area contributed by atoms with E-state index < -0.39 is 0 Å². The molecular formula is C23H24O2. The molecule has 2 aromatic carbocycles. The number of carbonyl (C=O) groups excluding carboxylic acids is 1. The van der Waals surface area contributed by atoms with Gasteiger partial charge in [0, 0.05) is 11.3 Å². The molecule has 2 aliphatic carbocycles. The first-order valence-electron chi connectivity index (χ1n) is 9.34. The minimum absolute atomic E-state index is 0.0492. The minimum Gasteiger partial charge on any atom is -0.372 e. The van der Waals surface area contributed by atoms with Crippen molar-refractivity contribution in [3.05, 3.63) is 60.2 Å². The van der Waals surface area contributed by atoms with Crippen LogP contribution < -0.4 is 0 Å². The van der Waals surface area contributed by atoms with Crippen molar-refractivity contribution < 1.29 is 9.53 Å². The number of carbonyl (C=O) groups is 1. The van der Waals surface area contributed by atoms with E-state index in [4.69, 9.17) is 4.74 Å². The second kappa shape index (κ2) is 5.04. The van der Waals surface area contributed by atoms with Crippen LogP contribution in [0.2, 0.25) is 0 Å². The molecule has 4 aliphatic rings. The molecular weight excluding hydrogens is 308 g/mol. The van der Waals surface area contributed by atoms with Crippen molar-refractivity contribution in [2.45, 2.75) is 32.8 Å². The van der Waals surface area contributed by atoms with Gasteiger partial charge in [0.15, 0.2) is 0 Å². The molecule has 6 rings (SSSR count). The Kier molecular flexibility index (Phi) is 3.09. The number of Topliss-reactive ketones (excluding diaryl/α,β-unsaturated/α-hetero) is 1. The van der Waals surface area contributed by atoms with Gasteiger partial charge in [-0.05, 0) is 35.4 Å². The predicted octanol–water partition coefficient (Wildman–Crippen LogP) is 5.05. The maximum Gasteiger partial charge on any atom is 0.147 e. The average molecular weight is 332 g/mol. The number of ketones is 1. The average Bonchev–Trinajstić information content (AvgIpc) is 3.00. The largest absolute Gasteiger partial charge is 0.372 e. The summed E-state index contributed by atoms with van der Waals surface area (Å²) in [7, 11) is 0. The van der Waals surface area contributed by atoms with Gasteiger partial charge in [0.25, 0.3) is 0 Å². The summed E-state index contributed by atoms with van der Waals surface area (Å²) < 4.78 is 6.34. The molecule has 0 amide bonds. The van der Waals surface area contributed by atoms with Gasteiger partial charge in [0.1, 0.15) is 5.78 Å². The van der Waals surface area contributed by atoms with Crippen molar-refractivity contribution in [3.63, 3.8) is 0 Å². The van der Waals surface area contributed by atoms with Gasteiger partial charge < -0.3 is 4.74 Å². The Morgan fingerprint density at radius 3 is 2.28 bits per heavy atom. The first-order valence-corrected chi connectivity index (χ1v) is 9.34. The second-order valence-electron chi connectivity index (χ2n) is 8.63. The molecule has 128 valence electrons. The fourth-order valence-electron chi connectivity index (χ4n) is 5.74. The van der Waals surface area contributed by atoms with Crippen LogP contribution in [-0.4, -0.2) is 12.4 Å². The van der Waals surface area contributed by atoms with E-state index in [2.05, 4.69) is 62.4 Å². The minimum atomic E-state index is -0.260. The smallest absolute Gasteiger partial charge is 0.147 e. The summed E-state index contributed by atoms with van der Waals surface area (Å²) in [4.78, 5) is 13.0. The Morgan fingerprint density at radius 1 is 0.920 bits per heavy atom. The van der Waals surface area contributed by atoms with Gasteiger partial charge in [0.05, 0.1) is 18.1 Å². The number of fused-ring (bicyclic) bond motifs is 2. The van der Waals surface area contributed by atoms with Crippen LogP contribution in [0.5, 0.6) is 0 Å². The van der Waals surface area contributed by atoms with Gasteiger partial charge in [-0.3, -0.25) is 4.79 Å². The van der Waals surface area contributed by atoms with Crippen LogP contribution in [-0.2, 0) is 9.53 Å². The van der Waals surface area contributed by atoms with Crippen molar-refractivity contribution in [1.29, 1.82) is 0 Å². The molecule has 2 aliphatic heterocycles. The first kappa shape index (κ1) is 15.3. The van der Waals surface area contributed by atoms with E-state index in [1.165, 1.54) is 16.7 Å². The topological polar surface area (TPSA) is 26.3 Å². The molecule has 2 heterocycles. The third-order valence-corrected chi connectivity index (χ3v) is 7.24. The van der Waals surface area contributed by atoms with Crippen molar-refractivity contribution >= 4 is 5.78 Å². The van der Waals surface area contributed by atoms with Crippen LogP contribution in [0.15, 0.2) is 54.6 Å². The van der Waals surface area contributed by atoms with E-state index >= 15 is 0 Å². The fourth-order valence-corrected chi connectivity index (χ4v) is 5.74. The number of rotatable bonds is 2. The quantitative estimate of drug-likeness (QED) is 0.769. The van der Waals surface area contributed by atoms with E-state index in [0.717, 1.165) is 12.8 Å². The van der Waals surface area contributed by atoms with Crippen molar-refractivity contribution in [1.82, 2.24) is 0 Å². The molecule has 0 spiro atoms. The van der Waals surface area contributed by atoms with Crippen molar-refractivity contribution in [3.8, 4) is 11.1 Å². The molecule has 0 N–H and O–H groups in total. The van der Waals surface area contributed by atoms with Crippen LogP contribution in [0, 0.1) is 22.7 Å². The number of benzene rings is 2. The van der Waals surface area contributed by atoms with Gasteiger partial charge in [-0.2, -0.15) is 0 Å². The maximum absolute atomic E-state index is 13.0. The monoisotopic (exact) mass is 332 g/mol. The fraction of sp³-hybridized carbons (Fsp3) is 0.435.